The number of amides is 1. The molecule has 0 aliphatic rings. The number of carbonyl (C=O) groups is 1. The van der Waals surface area contributed by atoms with Crippen LogP contribution in [0.15, 0.2) is 48.5 Å². The quantitative estimate of drug-likeness (QED) is 0.756. The summed E-state index contributed by atoms with van der Waals surface area (Å²) in [6.45, 7) is 4.35. The molecule has 21 heavy (non-hydrogen) atoms. The van der Waals surface area contributed by atoms with E-state index in [0.29, 0.717) is 6.54 Å². The lowest BCUT2D eigenvalue weighted by Crippen LogP contribution is -2.30. The summed E-state index contributed by atoms with van der Waals surface area (Å²) in [6, 6.07) is 16.2. The number of nitrogens with one attached hydrogen (secondary N) is 2. The van der Waals surface area contributed by atoms with Crippen LogP contribution >= 0.6 is 22.6 Å². The van der Waals surface area contributed by atoms with E-state index in [-0.39, 0.29) is 11.9 Å². The fourth-order valence-corrected chi connectivity index (χ4v) is 2.71. The Morgan fingerprint density at radius 3 is 2.57 bits per heavy atom. The molecule has 0 saturated carbocycles. The van der Waals surface area contributed by atoms with Crippen LogP contribution in [0.25, 0.3) is 0 Å². The van der Waals surface area contributed by atoms with Crippen LogP contribution in [-0.2, 0) is 4.79 Å². The van der Waals surface area contributed by atoms with Crippen LogP contribution in [0.3, 0.4) is 0 Å². The van der Waals surface area contributed by atoms with E-state index in [1.807, 2.05) is 37.3 Å². The van der Waals surface area contributed by atoms with Gasteiger partial charge in [-0.3, -0.25) is 4.79 Å². The van der Waals surface area contributed by atoms with Gasteiger partial charge in [0.15, 0.2) is 0 Å². The van der Waals surface area contributed by atoms with E-state index in [4.69, 9.17) is 0 Å². The summed E-state index contributed by atoms with van der Waals surface area (Å²) in [4.78, 5) is 12.0. The smallest absolute Gasteiger partial charge is 0.238 e. The minimum absolute atomic E-state index is 0.0258. The molecule has 2 aromatic carbocycles. The van der Waals surface area contributed by atoms with Crippen molar-refractivity contribution in [2.24, 2.45) is 0 Å². The lowest BCUT2D eigenvalue weighted by atomic mass is 10.1. The van der Waals surface area contributed by atoms with Crippen molar-refractivity contribution in [3.8, 4) is 0 Å². The van der Waals surface area contributed by atoms with E-state index >= 15 is 0 Å². The lowest BCUT2D eigenvalue weighted by molar-refractivity contribution is -0.115. The highest BCUT2D eigenvalue weighted by Gasteiger charge is 2.08. The second-order valence-electron chi connectivity index (χ2n) is 5.02. The molecule has 0 fully saturated rings. The van der Waals surface area contributed by atoms with Gasteiger partial charge in [-0.05, 0) is 65.8 Å². The van der Waals surface area contributed by atoms with Gasteiger partial charge in [0.25, 0.3) is 0 Å². The first-order chi connectivity index (χ1) is 10.1. The molecule has 0 spiro atoms. The maximum absolute atomic E-state index is 12.0. The number of benzene rings is 2. The Kier molecular flexibility index (Phi) is 5.76. The van der Waals surface area contributed by atoms with E-state index in [1.165, 1.54) is 9.13 Å². The van der Waals surface area contributed by atoms with Crippen molar-refractivity contribution in [3.05, 3.63) is 63.2 Å². The molecular formula is C17H19IN2O. The van der Waals surface area contributed by atoms with Crippen LogP contribution in [0.2, 0.25) is 0 Å². The zero-order chi connectivity index (χ0) is 15.2. The highest BCUT2D eigenvalue weighted by atomic mass is 127. The van der Waals surface area contributed by atoms with Gasteiger partial charge in [0.2, 0.25) is 5.91 Å². The Morgan fingerprint density at radius 1 is 1.19 bits per heavy atom. The van der Waals surface area contributed by atoms with E-state index in [0.717, 1.165) is 11.3 Å². The first kappa shape index (κ1) is 16.0. The molecule has 2 aromatic rings. The van der Waals surface area contributed by atoms with Crippen molar-refractivity contribution >= 4 is 34.2 Å². The van der Waals surface area contributed by atoms with E-state index in [9.17, 15) is 4.79 Å². The van der Waals surface area contributed by atoms with Gasteiger partial charge >= 0.3 is 0 Å². The molecule has 0 aromatic heterocycles. The van der Waals surface area contributed by atoms with E-state index < -0.39 is 0 Å². The number of hydrogen-bond donors (Lipinski definition) is 2. The van der Waals surface area contributed by atoms with Crippen LogP contribution in [0.5, 0.6) is 0 Å². The molecule has 0 saturated heterocycles. The standard InChI is InChI=1S/C17H19IN2O/c1-12-10-15(18)8-9-16(12)20-17(21)11-19-13(2)14-6-4-3-5-7-14/h3-10,13,19H,11H2,1-2H3,(H,20,21)/t13-/m0/s1. The highest BCUT2D eigenvalue weighted by Crippen LogP contribution is 2.17. The monoisotopic (exact) mass is 394 g/mol. The molecule has 0 radical (unpaired) electrons. The summed E-state index contributed by atoms with van der Waals surface area (Å²) in [5.41, 5.74) is 3.12. The van der Waals surface area contributed by atoms with Gasteiger partial charge in [0.05, 0.1) is 6.54 Å². The third kappa shape index (κ3) is 4.82. The molecule has 4 heteroatoms. The van der Waals surface area contributed by atoms with Crippen molar-refractivity contribution < 1.29 is 4.79 Å². The minimum Gasteiger partial charge on any atom is -0.325 e. The Balaban J connectivity index is 1.87. The molecule has 0 bridgehead atoms. The first-order valence-corrected chi connectivity index (χ1v) is 7.98. The highest BCUT2D eigenvalue weighted by molar-refractivity contribution is 14.1. The average molecular weight is 394 g/mol. The zero-order valence-corrected chi connectivity index (χ0v) is 14.3. The minimum atomic E-state index is -0.0258. The number of aryl methyl sites for hydroxylation is 1. The van der Waals surface area contributed by atoms with Gasteiger partial charge in [0, 0.05) is 15.3 Å². The van der Waals surface area contributed by atoms with Gasteiger partial charge in [-0.25, -0.2) is 0 Å². The van der Waals surface area contributed by atoms with Gasteiger partial charge < -0.3 is 10.6 Å². The van der Waals surface area contributed by atoms with Crippen LogP contribution in [0.1, 0.15) is 24.1 Å². The Morgan fingerprint density at radius 2 is 1.90 bits per heavy atom. The molecule has 2 N–H and O–H groups in total. The first-order valence-electron chi connectivity index (χ1n) is 6.90. The SMILES string of the molecule is Cc1cc(I)ccc1NC(=O)CN[C@@H](C)c1ccccc1. The molecule has 0 heterocycles. The molecule has 110 valence electrons. The van der Waals surface area contributed by atoms with Gasteiger partial charge in [-0.15, -0.1) is 0 Å². The van der Waals surface area contributed by atoms with E-state index in [1.54, 1.807) is 0 Å². The third-order valence-corrected chi connectivity index (χ3v) is 4.00. The van der Waals surface area contributed by atoms with Crippen LogP contribution < -0.4 is 10.6 Å². The molecule has 1 amide bonds. The maximum atomic E-state index is 12.0. The summed E-state index contributed by atoms with van der Waals surface area (Å²) >= 11 is 2.26. The van der Waals surface area contributed by atoms with Crippen LogP contribution in [0, 0.1) is 10.5 Å². The molecule has 0 aliphatic heterocycles. The van der Waals surface area contributed by atoms with Crippen molar-refractivity contribution in [3.63, 3.8) is 0 Å². The van der Waals surface area contributed by atoms with Crippen molar-refractivity contribution in [1.29, 1.82) is 0 Å². The van der Waals surface area contributed by atoms with Gasteiger partial charge in [-0.2, -0.15) is 0 Å². The average Bonchev–Trinajstić information content (AvgIpc) is 2.48. The summed E-state index contributed by atoms with van der Waals surface area (Å²) in [5.74, 6) is -0.0258. The zero-order valence-electron chi connectivity index (χ0n) is 12.2. The maximum Gasteiger partial charge on any atom is 0.238 e. The molecule has 2 rings (SSSR count). The largest absolute Gasteiger partial charge is 0.325 e. The third-order valence-electron chi connectivity index (χ3n) is 3.33. The lowest BCUT2D eigenvalue weighted by Gasteiger charge is -2.14. The van der Waals surface area contributed by atoms with Gasteiger partial charge in [0.1, 0.15) is 0 Å². The number of halogens is 1. The summed E-state index contributed by atoms with van der Waals surface area (Å²) in [7, 11) is 0. The normalized spacial score (nSPS) is 12.0. The summed E-state index contributed by atoms with van der Waals surface area (Å²) in [5, 5.41) is 6.18. The molecule has 3 nitrogen and oxygen atoms in total. The van der Waals surface area contributed by atoms with Crippen molar-refractivity contribution in [2.75, 3.05) is 11.9 Å². The van der Waals surface area contributed by atoms with Gasteiger partial charge in [-0.1, -0.05) is 30.3 Å². The predicted octanol–water partition coefficient (Wildman–Crippen LogP) is 3.89. The number of anilines is 1. The fourth-order valence-electron chi connectivity index (χ4n) is 2.07. The Bertz CT molecular complexity index is 613. The topological polar surface area (TPSA) is 41.1 Å². The molecular weight excluding hydrogens is 375 g/mol. The van der Waals surface area contributed by atoms with Crippen molar-refractivity contribution in [1.82, 2.24) is 5.32 Å². The second kappa shape index (κ2) is 7.56. The molecule has 0 unspecified atom stereocenters. The predicted molar refractivity (Wildman–Crippen MR) is 95.4 cm³/mol. The molecule has 1 atom stereocenters. The van der Waals surface area contributed by atoms with Crippen LogP contribution in [-0.4, -0.2) is 12.5 Å². The Labute approximate surface area is 139 Å². The number of hydrogen-bond acceptors (Lipinski definition) is 2. The number of carbonyl (C=O) groups excluding carboxylic acids is 1. The second-order valence-corrected chi connectivity index (χ2v) is 6.27. The summed E-state index contributed by atoms with van der Waals surface area (Å²) < 4.78 is 1.17. The number of rotatable bonds is 5. The van der Waals surface area contributed by atoms with Crippen molar-refractivity contribution in [2.45, 2.75) is 19.9 Å². The van der Waals surface area contributed by atoms with E-state index in [2.05, 4.69) is 58.3 Å². The fraction of sp³-hybridized carbons (Fsp3) is 0.235. The summed E-state index contributed by atoms with van der Waals surface area (Å²) in [6.07, 6.45) is 0. The Hall–Kier alpha value is -1.40. The molecule has 0 aliphatic carbocycles. The van der Waals surface area contributed by atoms with Crippen LogP contribution in [0.4, 0.5) is 5.69 Å².